The van der Waals surface area contributed by atoms with E-state index in [9.17, 15) is 0 Å². The van der Waals surface area contributed by atoms with Crippen LogP contribution in [-0.4, -0.2) is 24.1 Å². The molecule has 0 bridgehead atoms. The Bertz CT molecular complexity index is 3680. The van der Waals surface area contributed by atoms with E-state index in [0.717, 1.165) is 77.0 Å². The Morgan fingerprint density at radius 1 is 0.323 bits per heavy atom. The smallest absolute Gasteiger partial charge is 0.240 e. The molecule has 0 fully saturated rings. The molecule has 65 heavy (non-hydrogen) atoms. The first-order valence-electron chi connectivity index (χ1n) is 22.3. The van der Waals surface area contributed by atoms with Gasteiger partial charge in [-0.05, 0) is 86.0 Å². The Labute approximate surface area is 376 Å². The Kier molecular flexibility index (Phi) is 8.18. The number of benzene rings is 9. The van der Waals surface area contributed by atoms with Gasteiger partial charge in [0.2, 0.25) is 11.9 Å². The van der Waals surface area contributed by atoms with Gasteiger partial charge >= 0.3 is 0 Å². The second-order valence-electron chi connectivity index (χ2n) is 17.6. The maximum absolute atomic E-state index is 5.52. The highest BCUT2D eigenvalue weighted by atomic mass is 15.3. The monoisotopic (exact) mass is 831 g/mol. The van der Waals surface area contributed by atoms with Crippen LogP contribution in [0.1, 0.15) is 25.0 Å². The van der Waals surface area contributed by atoms with Crippen LogP contribution < -0.4 is 0 Å². The van der Waals surface area contributed by atoms with Crippen molar-refractivity contribution in [1.29, 1.82) is 0 Å². The van der Waals surface area contributed by atoms with E-state index in [2.05, 4.69) is 235 Å². The van der Waals surface area contributed by atoms with E-state index in [1.807, 2.05) is 0 Å². The summed E-state index contributed by atoms with van der Waals surface area (Å²) in [7, 11) is 0. The van der Waals surface area contributed by atoms with Gasteiger partial charge in [0, 0.05) is 32.5 Å². The fourth-order valence-electron chi connectivity index (χ4n) is 10.5. The lowest BCUT2D eigenvalue weighted by Gasteiger charge is -2.21. The van der Waals surface area contributed by atoms with E-state index in [0.29, 0.717) is 17.7 Å². The third kappa shape index (κ3) is 5.75. The fourth-order valence-corrected chi connectivity index (χ4v) is 10.5. The first-order chi connectivity index (χ1) is 32.0. The summed E-state index contributed by atoms with van der Waals surface area (Å²) in [6, 6.07) is 76.0. The second-order valence-corrected chi connectivity index (χ2v) is 17.6. The number of hydrogen-bond donors (Lipinski definition) is 0. The van der Waals surface area contributed by atoms with Crippen LogP contribution in [0.2, 0.25) is 0 Å². The van der Waals surface area contributed by atoms with Gasteiger partial charge in [0.15, 0.2) is 5.82 Å². The van der Waals surface area contributed by atoms with E-state index >= 15 is 0 Å². The maximum Gasteiger partial charge on any atom is 0.240 e. The van der Waals surface area contributed by atoms with Crippen molar-refractivity contribution in [2.24, 2.45) is 0 Å². The molecule has 13 rings (SSSR count). The van der Waals surface area contributed by atoms with Crippen molar-refractivity contribution >= 4 is 43.6 Å². The molecule has 0 N–H and O–H groups in total. The largest absolute Gasteiger partial charge is 0.278 e. The molecule has 1 aliphatic carbocycles. The van der Waals surface area contributed by atoms with Gasteiger partial charge in [0.05, 0.1) is 22.1 Å². The van der Waals surface area contributed by atoms with Crippen molar-refractivity contribution in [2.45, 2.75) is 19.3 Å². The molecule has 3 aromatic heterocycles. The summed E-state index contributed by atoms with van der Waals surface area (Å²) in [4.78, 5) is 16.5. The molecule has 12 aromatic rings. The predicted molar refractivity (Wildman–Crippen MR) is 268 cm³/mol. The van der Waals surface area contributed by atoms with Gasteiger partial charge in [-0.3, -0.25) is 9.13 Å². The van der Waals surface area contributed by atoms with Gasteiger partial charge < -0.3 is 0 Å². The van der Waals surface area contributed by atoms with Crippen molar-refractivity contribution in [3.8, 4) is 67.8 Å². The van der Waals surface area contributed by atoms with Crippen molar-refractivity contribution < 1.29 is 0 Å². The summed E-state index contributed by atoms with van der Waals surface area (Å²) < 4.78 is 4.45. The van der Waals surface area contributed by atoms with Crippen LogP contribution in [0.3, 0.4) is 0 Å². The lowest BCUT2D eigenvalue weighted by Crippen LogP contribution is -2.14. The number of nitrogens with zero attached hydrogens (tertiary/aromatic N) is 5. The highest BCUT2D eigenvalue weighted by Crippen LogP contribution is 2.52. The Hall–Kier alpha value is -8.41. The van der Waals surface area contributed by atoms with Crippen LogP contribution in [-0.2, 0) is 5.41 Å². The van der Waals surface area contributed by atoms with E-state index in [1.54, 1.807) is 0 Å². The number of para-hydroxylation sites is 2. The van der Waals surface area contributed by atoms with E-state index in [4.69, 9.17) is 15.0 Å². The zero-order chi connectivity index (χ0) is 43.2. The predicted octanol–water partition coefficient (Wildman–Crippen LogP) is 15.0. The van der Waals surface area contributed by atoms with Crippen LogP contribution in [0, 0.1) is 0 Å². The normalized spacial score (nSPS) is 12.9. The van der Waals surface area contributed by atoms with Crippen molar-refractivity contribution in [3.63, 3.8) is 0 Å². The second kappa shape index (κ2) is 14.3. The third-order valence-electron chi connectivity index (χ3n) is 13.6. The number of fused-ring (bicyclic) bond motifs is 9. The van der Waals surface area contributed by atoms with E-state index in [1.165, 1.54) is 27.8 Å². The Balaban J connectivity index is 1.09. The quantitative estimate of drug-likeness (QED) is 0.168. The molecular weight excluding hydrogens is 791 g/mol. The first kappa shape index (κ1) is 37.2. The molecule has 0 saturated carbocycles. The molecule has 0 aliphatic heterocycles. The lowest BCUT2D eigenvalue weighted by molar-refractivity contribution is 0.660. The molecule has 5 nitrogen and oxygen atoms in total. The Morgan fingerprint density at radius 2 is 0.785 bits per heavy atom. The average Bonchev–Trinajstić information content (AvgIpc) is 3.97. The van der Waals surface area contributed by atoms with Crippen LogP contribution in [0.5, 0.6) is 0 Å². The molecule has 0 unspecified atom stereocenters. The number of hydrogen-bond acceptors (Lipinski definition) is 3. The van der Waals surface area contributed by atoms with Gasteiger partial charge in [-0.15, -0.1) is 0 Å². The molecule has 1 aliphatic rings. The van der Waals surface area contributed by atoms with Gasteiger partial charge in [-0.1, -0.05) is 196 Å². The van der Waals surface area contributed by atoms with Crippen LogP contribution in [0.25, 0.3) is 111 Å². The Morgan fingerprint density at radius 3 is 1.40 bits per heavy atom. The van der Waals surface area contributed by atoms with Gasteiger partial charge in [0.25, 0.3) is 0 Å². The molecule has 3 heterocycles. The van der Waals surface area contributed by atoms with Crippen LogP contribution in [0.15, 0.2) is 212 Å². The minimum Gasteiger partial charge on any atom is -0.278 e. The number of aromatic nitrogens is 5. The molecule has 9 aromatic carbocycles. The van der Waals surface area contributed by atoms with E-state index in [-0.39, 0.29) is 5.41 Å². The summed E-state index contributed by atoms with van der Waals surface area (Å²) in [5, 5.41) is 4.55. The zero-order valence-electron chi connectivity index (χ0n) is 35.9. The van der Waals surface area contributed by atoms with Crippen molar-refractivity contribution in [1.82, 2.24) is 24.1 Å². The molecule has 0 radical (unpaired) electrons. The first-order valence-corrected chi connectivity index (χ1v) is 22.3. The molecular formula is C60H41N5. The minimum absolute atomic E-state index is 0.108. The molecule has 5 heteroatoms. The van der Waals surface area contributed by atoms with E-state index < -0.39 is 0 Å². The molecule has 0 amide bonds. The summed E-state index contributed by atoms with van der Waals surface area (Å²) in [5.74, 6) is 1.69. The van der Waals surface area contributed by atoms with Gasteiger partial charge in [0.1, 0.15) is 0 Å². The van der Waals surface area contributed by atoms with Gasteiger partial charge in [-0.2, -0.15) is 15.0 Å². The SMILES string of the molecule is CC1(C)c2ccccc2-c2c(-c3cccc(-c4nc(-n5c6ccccc6c6ccc(-c7ccccc7)cc65)nc(-n5c6ccccc6c6ccc(-c7ccccc7)cc65)n4)c3)cccc21. The summed E-state index contributed by atoms with van der Waals surface area (Å²) in [6.07, 6.45) is 0. The van der Waals surface area contributed by atoms with Crippen LogP contribution >= 0.6 is 0 Å². The summed E-state index contributed by atoms with van der Waals surface area (Å²) in [6.45, 7) is 4.67. The highest BCUT2D eigenvalue weighted by Gasteiger charge is 2.36. The minimum atomic E-state index is -0.108. The zero-order valence-corrected chi connectivity index (χ0v) is 35.9. The third-order valence-corrected chi connectivity index (χ3v) is 13.6. The lowest BCUT2D eigenvalue weighted by atomic mass is 9.82. The van der Waals surface area contributed by atoms with Crippen molar-refractivity contribution in [2.75, 3.05) is 0 Å². The van der Waals surface area contributed by atoms with Crippen LogP contribution in [0.4, 0.5) is 0 Å². The summed E-state index contributed by atoms with van der Waals surface area (Å²) >= 11 is 0. The molecule has 0 atom stereocenters. The van der Waals surface area contributed by atoms with Crippen molar-refractivity contribution in [3.05, 3.63) is 223 Å². The van der Waals surface area contributed by atoms with Gasteiger partial charge in [-0.25, -0.2) is 0 Å². The topological polar surface area (TPSA) is 48.5 Å². The molecule has 0 saturated heterocycles. The molecule has 306 valence electrons. The number of rotatable bonds is 6. The maximum atomic E-state index is 5.52. The summed E-state index contributed by atoms with van der Waals surface area (Å²) in [5.41, 5.74) is 17.1. The molecule has 0 spiro atoms. The standard InChI is InChI=1S/C60H41N5/c1-60(2)50-27-12-9-25-49(50)56-44(26-16-28-51(56)60)42-21-15-22-43(35-42)57-61-58(64-52-29-13-10-23-45(52)47-33-31-40(36-54(47)64)38-17-5-3-6-18-38)63-59(62-57)65-53-30-14-11-24-46(53)48-34-32-41(37-55(48)65)39-19-7-4-8-20-39/h3-37H,1-2H3. The average molecular weight is 832 g/mol. The highest BCUT2D eigenvalue weighted by molar-refractivity contribution is 6.11. The fraction of sp³-hybridized carbons (Fsp3) is 0.0500.